The average molecular weight is 325 g/mol. The molecule has 0 amide bonds. The molecule has 3 heterocycles. The van der Waals surface area contributed by atoms with Crippen LogP contribution in [0.1, 0.15) is 18.5 Å². The molecule has 24 heavy (non-hydrogen) atoms. The molecule has 0 radical (unpaired) electrons. The van der Waals surface area contributed by atoms with Gasteiger partial charge in [-0.1, -0.05) is 0 Å². The van der Waals surface area contributed by atoms with Gasteiger partial charge in [0.2, 0.25) is 5.95 Å². The monoisotopic (exact) mass is 325 g/mol. The van der Waals surface area contributed by atoms with Gasteiger partial charge in [0, 0.05) is 49.3 Å². The Labute approximate surface area is 139 Å². The van der Waals surface area contributed by atoms with Crippen LogP contribution in [0.3, 0.4) is 0 Å². The number of aromatic nitrogens is 3. The fourth-order valence-electron chi connectivity index (χ4n) is 3.29. The number of fused-ring (bicyclic) bond motifs is 1. The lowest BCUT2D eigenvalue weighted by Gasteiger charge is -2.33. The Bertz CT molecular complexity index is 817. The predicted octanol–water partition coefficient (Wildman–Crippen LogP) is 2.86. The topological polar surface area (TPSA) is 56.8 Å². The number of hydrogen-bond donors (Lipinski definition) is 2. The van der Waals surface area contributed by atoms with Gasteiger partial charge in [0.25, 0.3) is 0 Å². The largest absolute Gasteiger partial charge is 0.357 e. The number of H-pyrrole nitrogens is 1. The highest BCUT2D eigenvalue weighted by Gasteiger charge is 2.21. The van der Waals surface area contributed by atoms with E-state index in [9.17, 15) is 4.39 Å². The van der Waals surface area contributed by atoms with Crippen LogP contribution in [0.25, 0.3) is 10.9 Å². The first-order valence-electron chi connectivity index (χ1n) is 8.30. The van der Waals surface area contributed by atoms with Crippen molar-refractivity contribution >= 4 is 16.9 Å². The molecule has 1 fully saturated rings. The molecule has 0 spiro atoms. The lowest BCUT2D eigenvalue weighted by molar-refractivity contribution is 0.416. The van der Waals surface area contributed by atoms with Gasteiger partial charge in [-0.15, -0.1) is 0 Å². The first kappa shape index (κ1) is 15.1. The lowest BCUT2D eigenvalue weighted by Crippen LogP contribution is -2.46. The fraction of sp³-hybridized carbons (Fsp3) is 0.333. The van der Waals surface area contributed by atoms with E-state index in [1.165, 1.54) is 12.1 Å². The number of aromatic amines is 1. The first-order valence-corrected chi connectivity index (χ1v) is 8.30. The Morgan fingerprint density at radius 1 is 1.25 bits per heavy atom. The minimum Gasteiger partial charge on any atom is -0.357 e. The Morgan fingerprint density at radius 3 is 3.00 bits per heavy atom. The second-order valence-electron chi connectivity index (χ2n) is 6.24. The Morgan fingerprint density at radius 2 is 2.12 bits per heavy atom. The molecule has 6 heteroatoms. The SMILES string of the molecule is Fc1ccc2cc(CNC3CCCN(c4ncccn4)C3)[nH]c2c1. The van der Waals surface area contributed by atoms with Gasteiger partial charge in [-0.25, -0.2) is 14.4 Å². The Hall–Kier alpha value is -2.47. The number of piperidine rings is 1. The van der Waals surface area contributed by atoms with Crippen LogP contribution < -0.4 is 10.2 Å². The van der Waals surface area contributed by atoms with E-state index in [2.05, 4.69) is 31.2 Å². The molecule has 2 aromatic heterocycles. The highest BCUT2D eigenvalue weighted by Crippen LogP contribution is 2.18. The van der Waals surface area contributed by atoms with E-state index in [1.807, 2.05) is 6.07 Å². The van der Waals surface area contributed by atoms with Crippen molar-refractivity contribution in [3.63, 3.8) is 0 Å². The van der Waals surface area contributed by atoms with Crippen molar-refractivity contribution in [1.29, 1.82) is 0 Å². The Kier molecular flexibility index (Phi) is 4.13. The molecule has 1 aliphatic heterocycles. The summed E-state index contributed by atoms with van der Waals surface area (Å²) in [4.78, 5) is 14.2. The number of nitrogens with zero attached hydrogens (tertiary/aromatic N) is 3. The summed E-state index contributed by atoms with van der Waals surface area (Å²) in [7, 11) is 0. The quantitative estimate of drug-likeness (QED) is 0.774. The molecule has 3 aromatic rings. The lowest BCUT2D eigenvalue weighted by atomic mass is 10.1. The van der Waals surface area contributed by atoms with Crippen LogP contribution in [0.4, 0.5) is 10.3 Å². The van der Waals surface area contributed by atoms with E-state index in [4.69, 9.17) is 0 Å². The number of hydrogen-bond acceptors (Lipinski definition) is 4. The summed E-state index contributed by atoms with van der Waals surface area (Å²) in [5.41, 5.74) is 1.92. The molecule has 4 rings (SSSR count). The van der Waals surface area contributed by atoms with E-state index in [0.717, 1.165) is 55.0 Å². The van der Waals surface area contributed by atoms with E-state index in [1.54, 1.807) is 18.5 Å². The van der Waals surface area contributed by atoms with Gasteiger partial charge in [-0.2, -0.15) is 0 Å². The number of benzene rings is 1. The molecule has 1 aromatic carbocycles. The van der Waals surface area contributed by atoms with E-state index in [-0.39, 0.29) is 5.82 Å². The standard InChI is InChI=1S/C18H20FN5/c19-14-5-4-13-9-16(23-17(13)10-14)11-22-15-3-1-8-24(12-15)18-20-6-2-7-21-18/h2,4-7,9-10,15,22-23H,1,3,8,11-12H2. The third-order valence-electron chi connectivity index (χ3n) is 4.48. The molecule has 0 aliphatic carbocycles. The third-order valence-corrected chi connectivity index (χ3v) is 4.48. The molecule has 1 aliphatic rings. The van der Waals surface area contributed by atoms with Gasteiger partial charge in [0.05, 0.1) is 0 Å². The summed E-state index contributed by atoms with van der Waals surface area (Å²) in [5.74, 6) is 0.583. The second-order valence-corrected chi connectivity index (χ2v) is 6.24. The van der Waals surface area contributed by atoms with Crippen molar-refractivity contribution < 1.29 is 4.39 Å². The zero-order valence-corrected chi connectivity index (χ0v) is 13.4. The summed E-state index contributed by atoms with van der Waals surface area (Å²) in [6.45, 7) is 2.64. The average Bonchev–Trinajstić information content (AvgIpc) is 3.03. The summed E-state index contributed by atoms with van der Waals surface area (Å²) in [6, 6.07) is 9.13. The summed E-state index contributed by atoms with van der Waals surface area (Å²) in [5, 5.41) is 4.63. The molecule has 1 unspecified atom stereocenters. The molecule has 124 valence electrons. The van der Waals surface area contributed by atoms with Gasteiger partial charge < -0.3 is 15.2 Å². The van der Waals surface area contributed by atoms with E-state index >= 15 is 0 Å². The Balaban J connectivity index is 1.39. The molecule has 0 bridgehead atoms. The van der Waals surface area contributed by atoms with Crippen LogP contribution in [0.2, 0.25) is 0 Å². The smallest absolute Gasteiger partial charge is 0.225 e. The van der Waals surface area contributed by atoms with Gasteiger partial charge in [-0.05, 0) is 48.6 Å². The van der Waals surface area contributed by atoms with Crippen LogP contribution in [0, 0.1) is 5.82 Å². The molecule has 2 N–H and O–H groups in total. The number of anilines is 1. The molecule has 1 atom stereocenters. The molecule has 5 nitrogen and oxygen atoms in total. The molecular weight excluding hydrogens is 305 g/mol. The van der Waals surface area contributed by atoms with Crippen LogP contribution in [-0.4, -0.2) is 34.1 Å². The zero-order chi connectivity index (χ0) is 16.4. The minimum atomic E-state index is -0.213. The third kappa shape index (κ3) is 3.23. The van der Waals surface area contributed by atoms with Crippen molar-refractivity contribution in [2.75, 3.05) is 18.0 Å². The van der Waals surface area contributed by atoms with E-state index in [0.29, 0.717) is 6.04 Å². The van der Waals surface area contributed by atoms with Crippen molar-refractivity contribution in [2.45, 2.75) is 25.4 Å². The zero-order valence-electron chi connectivity index (χ0n) is 13.4. The molecule has 0 saturated carbocycles. The van der Waals surface area contributed by atoms with Crippen molar-refractivity contribution in [3.8, 4) is 0 Å². The van der Waals surface area contributed by atoms with Gasteiger partial charge in [0.1, 0.15) is 5.82 Å². The summed E-state index contributed by atoms with van der Waals surface area (Å²) >= 11 is 0. The van der Waals surface area contributed by atoms with Crippen LogP contribution in [0.15, 0.2) is 42.7 Å². The van der Waals surface area contributed by atoms with Gasteiger partial charge >= 0.3 is 0 Å². The second kappa shape index (κ2) is 6.57. The molecule has 1 saturated heterocycles. The number of nitrogens with one attached hydrogen (secondary N) is 2. The van der Waals surface area contributed by atoms with Crippen LogP contribution in [0.5, 0.6) is 0 Å². The maximum Gasteiger partial charge on any atom is 0.225 e. The van der Waals surface area contributed by atoms with Crippen molar-refractivity contribution in [1.82, 2.24) is 20.3 Å². The van der Waals surface area contributed by atoms with Crippen molar-refractivity contribution in [2.24, 2.45) is 0 Å². The number of halogens is 1. The van der Waals surface area contributed by atoms with Crippen LogP contribution in [-0.2, 0) is 6.54 Å². The van der Waals surface area contributed by atoms with Gasteiger partial charge in [-0.3, -0.25) is 0 Å². The predicted molar refractivity (Wildman–Crippen MR) is 92.4 cm³/mol. The highest BCUT2D eigenvalue weighted by atomic mass is 19.1. The van der Waals surface area contributed by atoms with Crippen LogP contribution >= 0.6 is 0 Å². The fourth-order valence-corrected chi connectivity index (χ4v) is 3.29. The highest BCUT2D eigenvalue weighted by molar-refractivity contribution is 5.80. The summed E-state index contributed by atoms with van der Waals surface area (Å²) < 4.78 is 13.3. The summed E-state index contributed by atoms with van der Waals surface area (Å²) in [6.07, 6.45) is 5.82. The number of rotatable bonds is 4. The van der Waals surface area contributed by atoms with Crippen molar-refractivity contribution in [3.05, 3.63) is 54.2 Å². The minimum absolute atomic E-state index is 0.213. The molecular formula is C18H20FN5. The normalized spacial score (nSPS) is 18.2. The maximum absolute atomic E-state index is 13.3. The maximum atomic E-state index is 13.3. The first-order chi connectivity index (χ1) is 11.8. The van der Waals surface area contributed by atoms with E-state index < -0.39 is 0 Å². The van der Waals surface area contributed by atoms with Gasteiger partial charge in [0.15, 0.2) is 0 Å².